The second-order valence-corrected chi connectivity index (χ2v) is 5.57. The van der Waals surface area contributed by atoms with Crippen LogP contribution < -0.4 is 10.5 Å². The predicted octanol–water partition coefficient (Wildman–Crippen LogP) is 1.53. The molecule has 1 atom stereocenters. The summed E-state index contributed by atoms with van der Waals surface area (Å²) in [6.07, 6.45) is -0.528. The van der Waals surface area contributed by atoms with E-state index in [-0.39, 0.29) is 5.91 Å². The van der Waals surface area contributed by atoms with Crippen molar-refractivity contribution in [1.82, 2.24) is 4.90 Å². The lowest BCUT2D eigenvalue weighted by Crippen LogP contribution is -2.46. The number of nitrogens with two attached hydrogens (primary N) is 1. The fourth-order valence-corrected chi connectivity index (χ4v) is 2.51. The zero-order chi connectivity index (χ0) is 14.5. The van der Waals surface area contributed by atoms with Gasteiger partial charge in [-0.05, 0) is 25.1 Å². The lowest BCUT2D eigenvalue weighted by atomic mass is 10.2. The normalized spacial score (nSPS) is 16.9. The van der Waals surface area contributed by atoms with Gasteiger partial charge < -0.3 is 20.1 Å². The molecule has 0 aromatic heterocycles. The molecule has 0 radical (unpaired) electrons. The van der Waals surface area contributed by atoms with Crippen molar-refractivity contribution in [1.29, 1.82) is 0 Å². The van der Waals surface area contributed by atoms with Crippen LogP contribution >= 0.6 is 15.9 Å². The third-order valence-corrected chi connectivity index (χ3v) is 3.71. The maximum Gasteiger partial charge on any atom is 0.263 e. The van der Waals surface area contributed by atoms with E-state index < -0.39 is 6.10 Å². The molecule has 1 heterocycles. The Balaban J connectivity index is 2.03. The molecule has 1 aliphatic rings. The smallest absolute Gasteiger partial charge is 0.263 e. The van der Waals surface area contributed by atoms with Crippen LogP contribution in [0.3, 0.4) is 0 Å². The molecule has 1 amide bonds. The Morgan fingerprint density at radius 1 is 1.50 bits per heavy atom. The van der Waals surface area contributed by atoms with Crippen molar-refractivity contribution in [3.8, 4) is 5.75 Å². The molecule has 2 N–H and O–H groups in total. The molecule has 0 spiro atoms. The molecule has 1 aromatic rings. The van der Waals surface area contributed by atoms with E-state index in [1.807, 2.05) is 18.2 Å². The van der Waals surface area contributed by atoms with Crippen molar-refractivity contribution in [2.45, 2.75) is 19.6 Å². The Hall–Kier alpha value is -1.11. The van der Waals surface area contributed by atoms with E-state index >= 15 is 0 Å². The second kappa shape index (κ2) is 7.06. The average Bonchev–Trinajstić information content (AvgIpc) is 2.49. The first-order valence-electron chi connectivity index (χ1n) is 6.63. The van der Waals surface area contributed by atoms with Crippen LogP contribution in [0.25, 0.3) is 0 Å². The monoisotopic (exact) mass is 342 g/mol. The molecule has 0 aliphatic carbocycles. The Morgan fingerprint density at radius 2 is 2.20 bits per heavy atom. The summed E-state index contributed by atoms with van der Waals surface area (Å²) in [6, 6.07) is 5.61. The molecule has 110 valence electrons. The summed E-state index contributed by atoms with van der Waals surface area (Å²) >= 11 is 3.39. The van der Waals surface area contributed by atoms with Gasteiger partial charge in [0.15, 0.2) is 6.10 Å². The first kappa shape index (κ1) is 15.3. The van der Waals surface area contributed by atoms with E-state index in [2.05, 4.69) is 15.9 Å². The number of carbonyl (C=O) groups is 1. The largest absolute Gasteiger partial charge is 0.481 e. The van der Waals surface area contributed by atoms with Gasteiger partial charge in [-0.15, -0.1) is 0 Å². The summed E-state index contributed by atoms with van der Waals surface area (Å²) in [7, 11) is 0. The Kier molecular flexibility index (Phi) is 5.39. The van der Waals surface area contributed by atoms with Crippen molar-refractivity contribution >= 4 is 21.8 Å². The van der Waals surface area contributed by atoms with Crippen LogP contribution in [0.1, 0.15) is 12.5 Å². The number of carbonyl (C=O) groups excluding carboxylic acids is 1. The molecule has 2 rings (SSSR count). The maximum absolute atomic E-state index is 12.3. The number of benzene rings is 1. The van der Waals surface area contributed by atoms with Gasteiger partial charge in [-0.1, -0.05) is 15.9 Å². The number of nitrogens with zero attached hydrogens (tertiary/aromatic N) is 1. The molecule has 1 saturated heterocycles. The second-order valence-electron chi connectivity index (χ2n) is 4.65. The molecule has 5 nitrogen and oxygen atoms in total. The van der Waals surface area contributed by atoms with E-state index in [9.17, 15) is 4.79 Å². The van der Waals surface area contributed by atoms with Crippen LogP contribution in [0.15, 0.2) is 22.7 Å². The van der Waals surface area contributed by atoms with Crippen LogP contribution in [-0.2, 0) is 16.1 Å². The van der Waals surface area contributed by atoms with Gasteiger partial charge in [0.05, 0.1) is 13.2 Å². The molecule has 1 unspecified atom stereocenters. The number of amides is 1. The molecule has 1 fully saturated rings. The highest BCUT2D eigenvalue weighted by atomic mass is 79.9. The van der Waals surface area contributed by atoms with Gasteiger partial charge in [-0.25, -0.2) is 0 Å². The quantitative estimate of drug-likeness (QED) is 0.901. The number of halogens is 1. The van der Waals surface area contributed by atoms with Crippen molar-refractivity contribution < 1.29 is 14.3 Å². The van der Waals surface area contributed by atoms with E-state index in [1.165, 1.54) is 0 Å². The third-order valence-electron chi connectivity index (χ3n) is 3.22. The number of ether oxygens (including phenoxy) is 2. The highest BCUT2D eigenvalue weighted by Gasteiger charge is 2.24. The molecule has 1 aliphatic heterocycles. The van der Waals surface area contributed by atoms with E-state index in [1.54, 1.807) is 11.8 Å². The minimum Gasteiger partial charge on any atom is -0.481 e. The van der Waals surface area contributed by atoms with Crippen LogP contribution in [0.4, 0.5) is 0 Å². The minimum absolute atomic E-state index is 0.0146. The first-order chi connectivity index (χ1) is 9.61. The van der Waals surface area contributed by atoms with Crippen LogP contribution in [0, 0.1) is 0 Å². The van der Waals surface area contributed by atoms with Crippen molar-refractivity contribution in [2.75, 3.05) is 26.3 Å². The van der Waals surface area contributed by atoms with Crippen molar-refractivity contribution in [2.24, 2.45) is 5.73 Å². The maximum atomic E-state index is 12.3. The summed E-state index contributed by atoms with van der Waals surface area (Å²) in [5, 5.41) is 0. The lowest BCUT2D eigenvalue weighted by molar-refractivity contribution is -0.142. The Morgan fingerprint density at radius 3 is 2.85 bits per heavy atom. The molecule has 20 heavy (non-hydrogen) atoms. The Bertz CT molecular complexity index is 475. The fourth-order valence-electron chi connectivity index (χ4n) is 2.10. The number of hydrogen-bond acceptors (Lipinski definition) is 4. The minimum atomic E-state index is -0.528. The van der Waals surface area contributed by atoms with Gasteiger partial charge in [0.2, 0.25) is 0 Å². The third kappa shape index (κ3) is 3.71. The number of morpholine rings is 1. The molecule has 0 saturated carbocycles. The van der Waals surface area contributed by atoms with Gasteiger partial charge >= 0.3 is 0 Å². The average molecular weight is 343 g/mol. The number of rotatable bonds is 4. The summed E-state index contributed by atoms with van der Waals surface area (Å²) in [6.45, 7) is 4.55. The SMILES string of the molecule is CC(Oc1ccc(Br)cc1CN)C(=O)N1CCOCC1. The van der Waals surface area contributed by atoms with Crippen LogP contribution in [0.2, 0.25) is 0 Å². The standard InChI is InChI=1S/C14H19BrN2O3/c1-10(14(18)17-4-6-19-7-5-17)20-13-3-2-12(15)8-11(13)9-16/h2-3,8,10H,4-7,9,16H2,1H3. The summed E-state index contributed by atoms with van der Waals surface area (Å²) < 4.78 is 12.0. The van der Waals surface area contributed by atoms with Gasteiger partial charge in [0, 0.05) is 29.7 Å². The van der Waals surface area contributed by atoms with E-state index in [0.29, 0.717) is 38.6 Å². The van der Waals surface area contributed by atoms with Gasteiger partial charge in [0.1, 0.15) is 5.75 Å². The first-order valence-corrected chi connectivity index (χ1v) is 7.43. The summed E-state index contributed by atoms with van der Waals surface area (Å²) in [4.78, 5) is 14.0. The molecular formula is C14H19BrN2O3. The molecule has 0 bridgehead atoms. The van der Waals surface area contributed by atoms with Crippen molar-refractivity contribution in [3.05, 3.63) is 28.2 Å². The zero-order valence-electron chi connectivity index (χ0n) is 11.5. The molecular weight excluding hydrogens is 324 g/mol. The van der Waals surface area contributed by atoms with E-state index in [4.69, 9.17) is 15.2 Å². The van der Waals surface area contributed by atoms with Crippen molar-refractivity contribution in [3.63, 3.8) is 0 Å². The van der Waals surface area contributed by atoms with Gasteiger partial charge in [-0.3, -0.25) is 4.79 Å². The fraction of sp³-hybridized carbons (Fsp3) is 0.500. The summed E-state index contributed by atoms with van der Waals surface area (Å²) in [5.74, 6) is 0.643. The Labute approximate surface area is 127 Å². The summed E-state index contributed by atoms with van der Waals surface area (Å²) in [5.41, 5.74) is 6.58. The highest BCUT2D eigenvalue weighted by molar-refractivity contribution is 9.10. The number of hydrogen-bond donors (Lipinski definition) is 1. The molecule has 1 aromatic carbocycles. The lowest BCUT2D eigenvalue weighted by Gasteiger charge is -2.29. The predicted molar refractivity (Wildman–Crippen MR) is 79.5 cm³/mol. The molecule has 6 heteroatoms. The highest BCUT2D eigenvalue weighted by Crippen LogP contribution is 2.24. The van der Waals surface area contributed by atoms with E-state index in [0.717, 1.165) is 10.0 Å². The van der Waals surface area contributed by atoms with Crippen LogP contribution in [0.5, 0.6) is 5.75 Å². The van der Waals surface area contributed by atoms with Gasteiger partial charge in [-0.2, -0.15) is 0 Å². The topological polar surface area (TPSA) is 64.8 Å². The zero-order valence-corrected chi connectivity index (χ0v) is 13.1. The van der Waals surface area contributed by atoms with Gasteiger partial charge in [0.25, 0.3) is 5.91 Å². The van der Waals surface area contributed by atoms with Crippen LogP contribution in [-0.4, -0.2) is 43.2 Å².